The zero-order valence-electron chi connectivity index (χ0n) is 9.39. The Hall–Kier alpha value is -1.87. The van der Waals surface area contributed by atoms with Crippen LogP contribution in [0.3, 0.4) is 0 Å². The molecule has 0 unspecified atom stereocenters. The second kappa shape index (κ2) is 8.30. The number of rotatable bonds is 8. The van der Waals surface area contributed by atoms with Gasteiger partial charge in [-0.2, -0.15) is 0 Å². The zero-order chi connectivity index (χ0) is 13.3. The molecule has 0 aliphatic heterocycles. The number of amides is 1. The molecule has 1 amide bonds. The molecule has 0 rings (SSSR count). The van der Waals surface area contributed by atoms with E-state index in [1.54, 1.807) is 4.90 Å². The lowest BCUT2D eigenvalue weighted by Gasteiger charge is -2.20. The van der Waals surface area contributed by atoms with Crippen LogP contribution in [0.5, 0.6) is 0 Å². The minimum atomic E-state index is -0.576. The Labute approximate surface area is 98.5 Å². The highest BCUT2D eigenvalue weighted by atomic mass is 16.5. The van der Waals surface area contributed by atoms with Gasteiger partial charge in [-0.3, -0.25) is 20.3 Å². The summed E-state index contributed by atoms with van der Waals surface area (Å²) >= 11 is 0. The molecular weight excluding hydrogens is 228 g/mol. The van der Waals surface area contributed by atoms with Crippen LogP contribution in [0.25, 0.3) is 0 Å². The number of oxime groups is 1. The molecule has 0 saturated heterocycles. The molecule has 0 spiro atoms. The molecule has 0 fully saturated rings. The van der Waals surface area contributed by atoms with Crippen molar-refractivity contribution < 1.29 is 15.2 Å². The first-order chi connectivity index (χ1) is 7.99. The maximum Gasteiger partial charge on any atom is 0.257 e. The van der Waals surface area contributed by atoms with Crippen LogP contribution in [0.4, 0.5) is 0 Å². The van der Waals surface area contributed by atoms with Gasteiger partial charge < -0.3 is 16.7 Å². The van der Waals surface area contributed by atoms with Gasteiger partial charge in [0.25, 0.3) is 5.91 Å². The average Bonchev–Trinajstić information content (AvgIpc) is 2.31. The first-order valence-corrected chi connectivity index (χ1v) is 4.94. The molecule has 0 aromatic carbocycles. The van der Waals surface area contributed by atoms with Crippen molar-refractivity contribution in [3.8, 4) is 0 Å². The molecule has 0 aliphatic carbocycles. The number of carbonyl (C=O) groups excluding carboxylic acids is 1. The molecule has 0 atom stereocenters. The van der Waals surface area contributed by atoms with Crippen molar-refractivity contribution in [1.82, 2.24) is 10.4 Å². The van der Waals surface area contributed by atoms with Gasteiger partial charge in [-0.25, -0.2) is 5.48 Å². The third kappa shape index (κ3) is 7.99. The lowest BCUT2D eigenvalue weighted by atomic mass is 10.3. The van der Waals surface area contributed by atoms with Gasteiger partial charge in [0.15, 0.2) is 0 Å². The number of amidine groups is 2. The largest absolute Gasteiger partial charge is 0.409 e. The summed E-state index contributed by atoms with van der Waals surface area (Å²) in [4.78, 5) is 12.6. The number of nitrogens with one attached hydrogen (secondary N) is 2. The van der Waals surface area contributed by atoms with Crippen LogP contribution in [0, 0.1) is 5.41 Å². The van der Waals surface area contributed by atoms with E-state index in [0.717, 1.165) is 0 Å². The summed E-state index contributed by atoms with van der Waals surface area (Å²) in [6.07, 6.45) is 0.571. The monoisotopic (exact) mass is 246 g/mol. The van der Waals surface area contributed by atoms with Gasteiger partial charge >= 0.3 is 0 Å². The second-order valence-electron chi connectivity index (χ2n) is 3.43. The molecule has 0 bridgehead atoms. The number of hydrogen-bond donors (Lipinski definition) is 6. The van der Waals surface area contributed by atoms with E-state index in [4.69, 9.17) is 27.3 Å². The number of nitrogens with two attached hydrogens (primary N) is 2. The van der Waals surface area contributed by atoms with E-state index >= 15 is 0 Å². The fraction of sp³-hybridized carbons (Fsp3) is 0.625. The van der Waals surface area contributed by atoms with Crippen LogP contribution in [0.1, 0.15) is 12.8 Å². The molecule has 8 N–H and O–H groups in total. The molecule has 17 heavy (non-hydrogen) atoms. The molecule has 9 heteroatoms. The standard InChI is InChI=1S/C8H18N6O3/c9-6(10)1-3-14(5-8(15)13-17)4-2-7(11)12-16/h16-17H,1-5H2,(H3,9,10)(H2,11,12)(H,13,15). The van der Waals surface area contributed by atoms with E-state index in [9.17, 15) is 4.79 Å². The SMILES string of the molecule is N=C(N)CCN(CC/C(N)=N\O)CC(=O)NO. The summed E-state index contributed by atoms with van der Waals surface area (Å²) in [6.45, 7) is 0.681. The highest BCUT2D eigenvalue weighted by molar-refractivity contribution is 5.80. The van der Waals surface area contributed by atoms with Gasteiger partial charge in [0, 0.05) is 25.9 Å². The fourth-order valence-electron chi connectivity index (χ4n) is 1.11. The lowest BCUT2D eigenvalue weighted by Crippen LogP contribution is -2.39. The molecular formula is C8H18N6O3. The van der Waals surface area contributed by atoms with Gasteiger partial charge in [-0.1, -0.05) is 5.16 Å². The third-order valence-corrected chi connectivity index (χ3v) is 2.00. The Kier molecular flexibility index (Phi) is 7.39. The van der Waals surface area contributed by atoms with Gasteiger partial charge in [-0.05, 0) is 0 Å². The molecule has 0 saturated carbocycles. The Bertz CT molecular complexity index is 293. The number of nitrogens with zero attached hydrogens (tertiary/aromatic N) is 2. The summed E-state index contributed by atoms with van der Waals surface area (Å²) in [5.41, 5.74) is 12.0. The van der Waals surface area contributed by atoms with Crippen molar-refractivity contribution >= 4 is 17.6 Å². The molecule has 98 valence electrons. The van der Waals surface area contributed by atoms with E-state index in [0.29, 0.717) is 19.5 Å². The van der Waals surface area contributed by atoms with E-state index in [2.05, 4.69) is 5.16 Å². The third-order valence-electron chi connectivity index (χ3n) is 2.00. The van der Waals surface area contributed by atoms with Crippen LogP contribution >= 0.6 is 0 Å². The van der Waals surface area contributed by atoms with E-state index < -0.39 is 5.91 Å². The molecule has 0 aromatic rings. The predicted octanol–water partition coefficient (Wildman–Crippen LogP) is -1.74. The van der Waals surface area contributed by atoms with Gasteiger partial charge in [0.2, 0.25) is 0 Å². The van der Waals surface area contributed by atoms with Gasteiger partial charge in [-0.15, -0.1) is 0 Å². The molecule has 0 aromatic heterocycles. The topological polar surface area (TPSA) is 161 Å². The van der Waals surface area contributed by atoms with Crippen LogP contribution < -0.4 is 16.9 Å². The van der Waals surface area contributed by atoms with E-state index in [-0.39, 0.29) is 24.6 Å². The summed E-state index contributed by atoms with van der Waals surface area (Å²) in [5.74, 6) is -0.529. The van der Waals surface area contributed by atoms with Crippen molar-refractivity contribution in [2.75, 3.05) is 19.6 Å². The number of hydrogen-bond acceptors (Lipinski definition) is 6. The van der Waals surface area contributed by atoms with E-state index in [1.165, 1.54) is 5.48 Å². The van der Waals surface area contributed by atoms with Crippen molar-refractivity contribution in [3.63, 3.8) is 0 Å². The van der Waals surface area contributed by atoms with Crippen LogP contribution in [-0.2, 0) is 4.79 Å². The smallest absolute Gasteiger partial charge is 0.257 e. The highest BCUT2D eigenvalue weighted by Crippen LogP contribution is 1.94. The maximum absolute atomic E-state index is 11.0. The van der Waals surface area contributed by atoms with Crippen molar-refractivity contribution in [3.05, 3.63) is 0 Å². The predicted molar refractivity (Wildman–Crippen MR) is 60.9 cm³/mol. The lowest BCUT2D eigenvalue weighted by molar-refractivity contribution is -0.130. The summed E-state index contributed by atoms with van der Waals surface area (Å²) in [5, 5.41) is 26.7. The first kappa shape index (κ1) is 15.1. The summed E-state index contributed by atoms with van der Waals surface area (Å²) in [7, 11) is 0. The zero-order valence-corrected chi connectivity index (χ0v) is 9.39. The molecule has 9 nitrogen and oxygen atoms in total. The Balaban J connectivity index is 4.19. The van der Waals surface area contributed by atoms with Crippen molar-refractivity contribution in [1.29, 1.82) is 5.41 Å². The van der Waals surface area contributed by atoms with Crippen molar-refractivity contribution in [2.24, 2.45) is 16.6 Å². The second-order valence-corrected chi connectivity index (χ2v) is 3.43. The van der Waals surface area contributed by atoms with Gasteiger partial charge in [0.05, 0.1) is 12.4 Å². The maximum atomic E-state index is 11.0. The first-order valence-electron chi connectivity index (χ1n) is 4.94. The Morgan fingerprint density at radius 1 is 1.35 bits per heavy atom. The Morgan fingerprint density at radius 2 is 1.94 bits per heavy atom. The van der Waals surface area contributed by atoms with Crippen LogP contribution in [0.2, 0.25) is 0 Å². The molecule has 0 aliphatic rings. The quantitative estimate of drug-likeness (QED) is 0.0978. The number of carbonyl (C=O) groups is 1. The summed E-state index contributed by atoms with van der Waals surface area (Å²) in [6, 6.07) is 0. The fourth-order valence-corrected chi connectivity index (χ4v) is 1.11. The van der Waals surface area contributed by atoms with Crippen molar-refractivity contribution in [2.45, 2.75) is 12.8 Å². The molecule has 0 radical (unpaired) electrons. The molecule has 0 heterocycles. The van der Waals surface area contributed by atoms with E-state index in [1.807, 2.05) is 0 Å². The minimum Gasteiger partial charge on any atom is -0.409 e. The summed E-state index contributed by atoms with van der Waals surface area (Å²) < 4.78 is 0. The normalized spacial score (nSPS) is 11.5. The average molecular weight is 246 g/mol. The Morgan fingerprint density at radius 3 is 2.41 bits per heavy atom. The number of hydroxylamine groups is 1. The highest BCUT2D eigenvalue weighted by Gasteiger charge is 2.11. The van der Waals surface area contributed by atoms with Crippen LogP contribution in [-0.4, -0.2) is 52.5 Å². The van der Waals surface area contributed by atoms with Gasteiger partial charge in [0.1, 0.15) is 5.84 Å². The van der Waals surface area contributed by atoms with Crippen LogP contribution in [0.15, 0.2) is 5.16 Å². The minimum absolute atomic E-state index is 0.00297.